The van der Waals surface area contributed by atoms with Gasteiger partial charge in [0.25, 0.3) is 5.91 Å². The van der Waals surface area contributed by atoms with Gasteiger partial charge in [-0.25, -0.2) is 13.9 Å². The third kappa shape index (κ3) is 2.66. The maximum Gasteiger partial charge on any atom is 0.257 e. The summed E-state index contributed by atoms with van der Waals surface area (Å²) in [5.41, 5.74) is 1.43. The number of amides is 1. The molecule has 8 heteroatoms. The number of anilines is 1. The first-order valence-corrected chi connectivity index (χ1v) is 9.98. The van der Waals surface area contributed by atoms with Crippen molar-refractivity contribution in [2.75, 3.05) is 18.1 Å². The van der Waals surface area contributed by atoms with Crippen molar-refractivity contribution in [3.8, 4) is 5.75 Å². The minimum absolute atomic E-state index is 0.0263. The van der Waals surface area contributed by atoms with Crippen molar-refractivity contribution in [2.24, 2.45) is 0 Å². The maximum absolute atomic E-state index is 14.2. The van der Waals surface area contributed by atoms with Crippen LogP contribution >= 0.6 is 0 Å². The SMILES string of the molecule is O=C1NC2(CC2)COc2ccc(F)cc2C2CCCN2c2ccn3ncc1c3n2. The molecule has 1 unspecified atom stereocenters. The Kier molecular flexibility index (Phi) is 3.42. The van der Waals surface area contributed by atoms with Gasteiger partial charge in [0, 0.05) is 18.3 Å². The van der Waals surface area contributed by atoms with Crippen LogP contribution in [0, 0.1) is 5.82 Å². The zero-order valence-electron chi connectivity index (χ0n) is 15.8. The van der Waals surface area contributed by atoms with Gasteiger partial charge in [-0.2, -0.15) is 5.10 Å². The number of carbonyl (C=O) groups excluding carboxylic acids is 1. The van der Waals surface area contributed by atoms with Crippen LogP contribution in [0.1, 0.15) is 47.6 Å². The lowest BCUT2D eigenvalue weighted by atomic mass is 10.0. The van der Waals surface area contributed by atoms with Crippen LogP contribution < -0.4 is 15.0 Å². The number of ether oxygens (including phenoxy) is 1. The number of hydrogen-bond acceptors (Lipinski definition) is 5. The third-order valence-electron chi connectivity index (χ3n) is 6.21. The van der Waals surface area contributed by atoms with Gasteiger partial charge >= 0.3 is 0 Å². The van der Waals surface area contributed by atoms with Crippen molar-refractivity contribution in [1.29, 1.82) is 0 Å². The number of rotatable bonds is 0. The van der Waals surface area contributed by atoms with Crippen molar-refractivity contribution in [3.05, 3.63) is 53.6 Å². The topological polar surface area (TPSA) is 71.8 Å². The van der Waals surface area contributed by atoms with Gasteiger partial charge in [0.15, 0.2) is 5.65 Å². The molecular weight excluding hydrogens is 373 g/mol. The molecule has 3 aromatic rings. The van der Waals surface area contributed by atoms with E-state index in [4.69, 9.17) is 9.72 Å². The Morgan fingerprint density at radius 3 is 3.03 bits per heavy atom. The molecule has 148 valence electrons. The van der Waals surface area contributed by atoms with E-state index in [9.17, 15) is 9.18 Å². The summed E-state index contributed by atoms with van der Waals surface area (Å²) in [4.78, 5) is 19.9. The molecule has 2 bridgehead atoms. The zero-order chi connectivity index (χ0) is 19.6. The number of aromatic nitrogens is 3. The minimum Gasteiger partial charge on any atom is -0.491 e. The van der Waals surface area contributed by atoms with E-state index in [0.29, 0.717) is 23.6 Å². The average Bonchev–Trinajstić information content (AvgIpc) is 3.14. The smallest absolute Gasteiger partial charge is 0.257 e. The Labute approximate surface area is 166 Å². The summed E-state index contributed by atoms with van der Waals surface area (Å²) in [7, 11) is 0. The van der Waals surface area contributed by atoms with Crippen molar-refractivity contribution in [3.63, 3.8) is 0 Å². The van der Waals surface area contributed by atoms with Crippen LogP contribution in [0.15, 0.2) is 36.7 Å². The second-order valence-electron chi connectivity index (χ2n) is 8.17. The van der Waals surface area contributed by atoms with E-state index in [2.05, 4.69) is 15.3 Å². The summed E-state index contributed by atoms with van der Waals surface area (Å²) in [6, 6.07) is 6.56. The molecule has 1 atom stereocenters. The summed E-state index contributed by atoms with van der Waals surface area (Å²) in [5, 5.41) is 7.39. The van der Waals surface area contributed by atoms with E-state index in [1.54, 1.807) is 22.8 Å². The van der Waals surface area contributed by atoms with Crippen molar-refractivity contribution in [2.45, 2.75) is 37.3 Å². The standard InChI is InChI=1S/C21H20FN5O2/c22-13-3-4-17-14(10-13)16-2-1-8-26(16)18-5-9-27-19(24-18)15(11-23-27)20(28)25-21(6-7-21)12-29-17/h3-5,9-11,16H,1-2,6-8,12H2,(H,25,28). The molecule has 2 fully saturated rings. The molecule has 4 heterocycles. The second-order valence-corrected chi connectivity index (χ2v) is 8.17. The van der Waals surface area contributed by atoms with Crippen LogP contribution in [0.4, 0.5) is 10.2 Å². The number of nitrogens with one attached hydrogen (secondary N) is 1. The van der Waals surface area contributed by atoms with Crippen LogP contribution in [0.25, 0.3) is 5.65 Å². The average molecular weight is 393 g/mol. The van der Waals surface area contributed by atoms with E-state index in [1.165, 1.54) is 6.07 Å². The molecule has 2 aliphatic heterocycles. The van der Waals surface area contributed by atoms with Crippen molar-refractivity contribution in [1.82, 2.24) is 19.9 Å². The number of nitrogens with zero attached hydrogens (tertiary/aromatic N) is 4. The fourth-order valence-electron chi connectivity index (χ4n) is 4.44. The van der Waals surface area contributed by atoms with Crippen LogP contribution in [-0.2, 0) is 0 Å². The van der Waals surface area contributed by atoms with Crippen LogP contribution in [-0.4, -0.2) is 39.2 Å². The molecule has 1 spiro atoms. The van der Waals surface area contributed by atoms with Crippen molar-refractivity contribution >= 4 is 17.4 Å². The zero-order valence-corrected chi connectivity index (χ0v) is 15.8. The molecule has 6 rings (SSSR count). The summed E-state index contributed by atoms with van der Waals surface area (Å²) < 4.78 is 21.9. The highest BCUT2D eigenvalue weighted by Crippen LogP contribution is 2.42. The first-order chi connectivity index (χ1) is 14.1. The van der Waals surface area contributed by atoms with Crippen LogP contribution in [0.3, 0.4) is 0 Å². The summed E-state index contributed by atoms with van der Waals surface area (Å²) in [5.74, 6) is 0.957. The predicted molar refractivity (Wildman–Crippen MR) is 104 cm³/mol. The Balaban J connectivity index is 1.54. The highest BCUT2D eigenvalue weighted by Gasteiger charge is 2.46. The highest BCUT2D eigenvalue weighted by atomic mass is 19.1. The third-order valence-corrected chi connectivity index (χ3v) is 6.21. The Hall–Kier alpha value is -3.16. The molecule has 29 heavy (non-hydrogen) atoms. The van der Waals surface area contributed by atoms with Gasteiger partial charge in [-0.15, -0.1) is 0 Å². The first-order valence-electron chi connectivity index (χ1n) is 9.98. The Morgan fingerprint density at radius 2 is 2.17 bits per heavy atom. The monoisotopic (exact) mass is 393 g/mol. The largest absolute Gasteiger partial charge is 0.491 e. The molecule has 1 saturated carbocycles. The van der Waals surface area contributed by atoms with Crippen molar-refractivity contribution < 1.29 is 13.9 Å². The fourth-order valence-corrected chi connectivity index (χ4v) is 4.44. The predicted octanol–water partition coefficient (Wildman–Crippen LogP) is 2.86. The molecule has 2 aromatic heterocycles. The van der Waals surface area contributed by atoms with Gasteiger partial charge < -0.3 is 15.0 Å². The highest BCUT2D eigenvalue weighted by molar-refractivity contribution is 6.00. The van der Waals surface area contributed by atoms with E-state index >= 15 is 0 Å². The normalized spacial score (nSPS) is 22.3. The van der Waals surface area contributed by atoms with Gasteiger partial charge in [0.1, 0.15) is 29.6 Å². The molecular formula is C21H20FN5O2. The number of halogens is 1. The molecule has 1 amide bonds. The van der Waals surface area contributed by atoms with E-state index in [1.807, 2.05) is 12.3 Å². The lowest BCUT2D eigenvalue weighted by Crippen LogP contribution is -2.41. The van der Waals surface area contributed by atoms with Crippen LogP contribution in [0.2, 0.25) is 0 Å². The lowest BCUT2D eigenvalue weighted by molar-refractivity contribution is 0.0914. The molecule has 1 aliphatic carbocycles. The summed E-state index contributed by atoms with van der Waals surface area (Å²) >= 11 is 0. The quantitative estimate of drug-likeness (QED) is 0.636. The molecule has 1 aromatic carbocycles. The van der Waals surface area contributed by atoms with Gasteiger partial charge in [-0.1, -0.05) is 0 Å². The maximum atomic E-state index is 14.2. The molecule has 0 radical (unpaired) electrons. The number of carbonyl (C=O) groups is 1. The van der Waals surface area contributed by atoms with E-state index in [0.717, 1.165) is 43.6 Å². The molecule has 1 N–H and O–H groups in total. The summed E-state index contributed by atoms with van der Waals surface area (Å²) in [6.07, 6.45) is 6.94. The first kappa shape index (κ1) is 16.8. The van der Waals surface area contributed by atoms with E-state index in [-0.39, 0.29) is 17.8 Å². The second kappa shape index (κ2) is 5.92. The molecule has 1 saturated heterocycles. The van der Waals surface area contributed by atoms with Gasteiger partial charge in [0.05, 0.1) is 17.8 Å². The van der Waals surface area contributed by atoms with E-state index < -0.39 is 5.54 Å². The Morgan fingerprint density at radius 1 is 1.28 bits per heavy atom. The lowest BCUT2D eigenvalue weighted by Gasteiger charge is -2.28. The van der Waals surface area contributed by atoms with Gasteiger partial charge in [-0.3, -0.25) is 4.79 Å². The fraction of sp³-hybridized carbons (Fsp3) is 0.381. The van der Waals surface area contributed by atoms with Gasteiger partial charge in [0.2, 0.25) is 0 Å². The molecule has 3 aliphatic rings. The Bertz CT molecular complexity index is 1140. The summed E-state index contributed by atoms with van der Waals surface area (Å²) in [6.45, 7) is 1.17. The van der Waals surface area contributed by atoms with Gasteiger partial charge in [-0.05, 0) is 49.9 Å². The number of benzene rings is 1. The number of fused-ring (bicyclic) bond motifs is 5. The van der Waals surface area contributed by atoms with Crippen LogP contribution in [0.5, 0.6) is 5.75 Å². The minimum atomic E-state index is -0.391. The molecule has 7 nitrogen and oxygen atoms in total. The number of hydrogen-bond donors (Lipinski definition) is 1.